The van der Waals surface area contributed by atoms with Crippen LogP contribution in [0.25, 0.3) is 6.08 Å². The van der Waals surface area contributed by atoms with Gasteiger partial charge in [-0.05, 0) is 65.6 Å². The van der Waals surface area contributed by atoms with E-state index in [1.807, 2.05) is 60.7 Å². The van der Waals surface area contributed by atoms with Crippen molar-refractivity contribution < 1.29 is 0 Å². The molecule has 0 spiro atoms. The zero-order chi connectivity index (χ0) is 20.2. The Morgan fingerprint density at radius 2 is 1.15 bits per heavy atom. The average molecular weight is 618 g/mol. The highest BCUT2D eigenvalue weighted by Crippen LogP contribution is 2.18. The molecule has 0 unspecified atom stereocenters. The second-order valence-electron chi connectivity index (χ2n) is 5.91. The topological polar surface area (TPSA) is 0 Å². The van der Waals surface area contributed by atoms with Crippen molar-refractivity contribution in [3.63, 3.8) is 0 Å². The SMILES string of the molecule is Brc1ccc(Br)cc1.C=Cc1cccc(Br)c1.CC(C)c1cccc(Br)c1. The summed E-state index contributed by atoms with van der Waals surface area (Å²) in [5.74, 6) is 0.623. The van der Waals surface area contributed by atoms with E-state index in [1.165, 1.54) is 10.0 Å². The van der Waals surface area contributed by atoms with Crippen LogP contribution in [-0.4, -0.2) is 0 Å². The fourth-order valence-corrected chi connectivity index (χ4v) is 3.29. The Kier molecular flexibility index (Phi) is 12.2. The Balaban J connectivity index is 0.000000204. The van der Waals surface area contributed by atoms with Crippen molar-refractivity contribution in [3.05, 3.63) is 108 Å². The number of hydrogen-bond donors (Lipinski definition) is 0. The van der Waals surface area contributed by atoms with Gasteiger partial charge in [0.15, 0.2) is 0 Å². The van der Waals surface area contributed by atoms with Crippen molar-refractivity contribution in [1.82, 2.24) is 0 Å². The minimum Gasteiger partial charge on any atom is -0.0985 e. The van der Waals surface area contributed by atoms with Gasteiger partial charge in [-0.2, -0.15) is 0 Å². The van der Waals surface area contributed by atoms with E-state index in [2.05, 4.69) is 102 Å². The van der Waals surface area contributed by atoms with Crippen LogP contribution < -0.4 is 0 Å². The maximum Gasteiger partial charge on any atom is 0.0181 e. The van der Waals surface area contributed by atoms with Gasteiger partial charge in [-0.1, -0.05) is 114 Å². The molecule has 0 saturated carbocycles. The monoisotopic (exact) mass is 614 g/mol. The molecule has 0 aliphatic carbocycles. The number of hydrogen-bond acceptors (Lipinski definition) is 0. The van der Waals surface area contributed by atoms with Gasteiger partial charge in [0.1, 0.15) is 0 Å². The van der Waals surface area contributed by atoms with Crippen LogP contribution in [0, 0.1) is 0 Å². The van der Waals surface area contributed by atoms with Crippen LogP contribution in [0.2, 0.25) is 0 Å². The first-order chi connectivity index (χ1) is 12.8. The predicted octanol–water partition coefficient (Wildman–Crippen LogP) is 9.88. The van der Waals surface area contributed by atoms with Gasteiger partial charge in [-0.25, -0.2) is 0 Å². The number of benzene rings is 3. The maximum absolute atomic E-state index is 3.65. The van der Waals surface area contributed by atoms with Crippen molar-refractivity contribution in [2.24, 2.45) is 0 Å². The molecule has 27 heavy (non-hydrogen) atoms. The summed E-state index contributed by atoms with van der Waals surface area (Å²) < 4.78 is 4.49. The van der Waals surface area contributed by atoms with Crippen LogP contribution in [0.3, 0.4) is 0 Å². The summed E-state index contributed by atoms with van der Waals surface area (Å²) >= 11 is 13.4. The van der Waals surface area contributed by atoms with Crippen LogP contribution in [0.1, 0.15) is 30.9 Å². The van der Waals surface area contributed by atoms with Crippen LogP contribution in [0.4, 0.5) is 0 Å². The van der Waals surface area contributed by atoms with Gasteiger partial charge in [-0.15, -0.1) is 0 Å². The Labute approximate surface area is 196 Å². The average Bonchev–Trinajstić information content (AvgIpc) is 2.65. The predicted molar refractivity (Wildman–Crippen MR) is 134 cm³/mol. The summed E-state index contributed by atoms with van der Waals surface area (Å²) in [6.07, 6.45) is 1.82. The summed E-state index contributed by atoms with van der Waals surface area (Å²) in [6.45, 7) is 8.04. The fourth-order valence-electron chi connectivity index (χ4n) is 1.93. The van der Waals surface area contributed by atoms with E-state index in [0.717, 1.165) is 19.0 Å². The van der Waals surface area contributed by atoms with Gasteiger partial charge in [0.25, 0.3) is 0 Å². The second-order valence-corrected chi connectivity index (χ2v) is 9.57. The van der Waals surface area contributed by atoms with E-state index in [1.54, 1.807) is 0 Å². The molecule has 0 N–H and O–H groups in total. The van der Waals surface area contributed by atoms with Crippen molar-refractivity contribution >= 4 is 69.8 Å². The first-order valence-electron chi connectivity index (χ1n) is 8.36. The Morgan fingerprint density at radius 3 is 1.48 bits per heavy atom. The minimum atomic E-state index is 0.623. The van der Waals surface area contributed by atoms with Crippen molar-refractivity contribution in [2.45, 2.75) is 19.8 Å². The number of rotatable bonds is 2. The Bertz CT molecular complexity index is 803. The molecule has 0 bridgehead atoms. The quantitative estimate of drug-likeness (QED) is 0.268. The molecule has 0 aliphatic heterocycles. The summed E-state index contributed by atoms with van der Waals surface area (Å²) in [4.78, 5) is 0. The van der Waals surface area contributed by atoms with E-state index in [-0.39, 0.29) is 0 Å². The smallest absolute Gasteiger partial charge is 0.0181 e. The third kappa shape index (κ3) is 11.0. The molecule has 3 rings (SSSR count). The lowest BCUT2D eigenvalue weighted by Crippen LogP contribution is -1.84. The van der Waals surface area contributed by atoms with Gasteiger partial charge in [-0.3, -0.25) is 0 Å². The number of halogens is 4. The standard InChI is InChI=1S/C9H11Br.C8H7Br.C6H4Br2/c1-7(2)8-4-3-5-9(10)6-8;1-2-7-4-3-5-8(9)6-7;7-5-1-2-6(8)4-3-5/h3-7H,1-2H3;2-6H,1H2;1-4H. The molecule has 0 amide bonds. The van der Waals surface area contributed by atoms with E-state index < -0.39 is 0 Å². The largest absolute Gasteiger partial charge is 0.0985 e. The van der Waals surface area contributed by atoms with Crippen LogP contribution >= 0.6 is 63.7 Å². The van der Waals surface area contributed by atoms with Gasteiger partial charge < -0.3 is 0 Å². The summed E-state index contributed by atoms with van der Waals surface area (Å²) in [5, 5.41) is 0. The molecule has 0 nitrogen and oxygen atoms in total. The van der Waals surface area contributed by atoms with E-state index in [4.69, 9.17) is 0 Å². The third-order valence-corrected chi connectivity index (χ3v) is 5.45. The molecule has 0 fully saturated rings. The van der Waals surface area contributed by atoms with Crippen molar-refractivity contribution in [2.75, 3.05) is 0 Å². The zero-order valence-electron chi connectivity index (χ0n) is 15.3. The first-order valence-corrected chi connectivity index (χ1v) is 11.5. The molecule has 0 aromatic heterocycles. The molecule has 4 heteroatoms. The van der Waals surface area contributed by atoms with Crippen LogP contribution in [0.5, 0.6) is 0 Å². The normalized spacial score (nSPS) is 9.59. The van der Waals surface area contributed by atoms with Gasteiger partial charge in [0, 0.05) is 17.9 Å². The summed E-state index contributed by atoms with van der Waals surface area (Å²) in [5.41, 5.74) is 2.53. The lowest BCUT2D eigenvalue weighted by Gasteiger charge is -2.03. The first kappa shape index (κ1) is 24.4. The molecule has 0 saturated heterocycles. The third-order valence-electron chi connectivity index (χ3n) is 3.40. The Morgan fingerprint density at radius 1 is 0.667 bits per heavy atom. The Hall–Kier alpha value is -0.680. The molecular formula is C23H22Br4. The second kappa shape index (κ2) is 13.5. The maximum atomic E-state index is 3.65. The van der Waals surface area contributed by atoms with Crippen LogP contribution in [0.15, 0.2) is 97.3 Å². The van der Waals surface area contributed by atoms with Gasteiger partial charge in [0.2, 0.25) is 0 Å². The van der Waals surface area contributed by atoms with E-state index in [0.29, 0.717) is 5.92 Å². The molecule has 0 radical (unpaired) electrons. The van der Waals surface area contributed by atoms with Crippen molar-refractivity contribution in [3.8, 4) is 0 Å². The summed E-state index contributed by atoms with van der Waals surface area (Å²) in [6, 6.07) is 24.4. The highest BCUT2D eigenvalue weighted by molar-refractivity contribution is 9.11. The van der Waals surface area contributed by atoms with E-state index in [9.17, 15) is 0 Å². The minimum absolute atomic E-state index is 0.623. The zero-order valence-corrected chi connectivity index (χ0v) is 21.6. The van der Waals surface area contributed by atoms with E-state index >= 15 is 0 Å². The van der Waals surface area contributed by atoms with Crippen molar-refractivity contribution in [1.29, 1.82) is 0 Å². The highest BCUT2D eigenvalue weighted by Gasteiger charge is 1.96. The summed E-state index contributed by atoms with van der Waals surface area (Å²) in [7, 11) is 0. The van der Waals surface area contributed by atoms with Crippen LogP contribution in [-0.2, 0) is 0 Å². The molecule has 142 valence electrons. The fraction of sp³-hybridized carbons (Fsp3) is 0.130. The van der Waals surface area contributed by atoms with Gasteiger partial charge in [0.05, 0.1) is 0 Å². The molecule has 3 aromatic carbocycles. The lowest BCUT2D eigenvalue weighted by atomic mass is 10.0. The molecule has 3 aromatic rings. The highest BCUT2D eigenvalue weighted by atomic mass is 79.9. The molecular weight excluding hydrogens is 596 g/mol. The molecule has 0 atom stereocenters. The van der Waals surface area contributed by atoms with Gasteiger partial charge >= 0.3 is 0 Å². The molecule has 0 heterocycles. The molecule has 0 aliphatic rings. The lowest BCUT2D eigenvalue weighted by molar-refractivity contribution is 0.866.